The number of nitrogens with one attached hydrogen (secondary N) is 1. The molecule has 0 saturated carbocycles. The normalized spacial score (nSPS) is 23.5. The summed E-state index contributed by atoms with van der Waals surface area (Å²) in [6.45, 7) is 7.24. The van der Waals surface area contributed by atoms with Crippen LogP contribution in [0, 0.1) is 11.8 Å². The molecule has 1 spiro atoms. The summed E-state index contributed by atoms with van der Waals surface area (Å²) in [5.74, 6) is 0.427. The van der Waals surface area contributed by atoms with Gasteiger partial charge in [-0.15, -0.1) is 0 Å². The molecule has 3 heterocycles. The van der Waals surface area contributed by atoms with Crippen LogP contribution in [0.4, 0.5) is 11.4 Å². The van der Waals surface area contributed by atoms with Crippen LogP contribution in [0.5, 0.6) is 11.5 Å². The Hall–Kier alpha value is -5.19. The van der Waals surface area contributed by atoms with Crippen molar-refractivity contribution in [3.8, 4) is 11.5 Å². The topological polar surface area (TPSA) is 118 Å². The highest BCUT2D eigenvalue weighted by Gasteiger charge is 2.66. The van der Waals surface area contributed by atoms with Crippen molar-refractivity contribution in [1.29, 1.82) is 0 Å². The van der Waals surface area contributed by atoms with E-state index in [0.29, 0.717) is 30.1 Å². The Bertz CT molecular complexity index is 2000. The fourth-order valence-electron chi connectivity index (χ4n) is 9.09. The van der Waals surface area contributed by atoms with Gasteiger partial charge in [-0.1, -0.05) is 63.2 Å². The number of hydrogen-bond donors (Lipinski definition) is 2. The Morgan fingerprint density at radius 2 is 1.57 bits per heavy atom. The van der Waals surface area contributed by atoms with Gasteiger partial charge >= 0.3 is 0 Å². The lowest BCUT2D eigenvalue weighted by molar-refractivity contribution is -0.150. The molecule has 54 heavy (non-hydrogen) atoms. The van der Waals surface area contributed by atoms with Gasteiger partial charge in [0, 0.05) is 35.2 Å². The summed E-state index contributed by atoms with van der Waals surface area (Å²) in [7, 11) is 3.22. The Balaban J connectivity index is 1.18. The van der Waals surface area contributed by atoms with Crippen LogP contribution in [0.15, 0.2) is 97.1 Å². The van der Waals surface area contributed by atoms with Crippen LogP contribution >= 0.6 is 0 Å². The van der Waals surface area contributed by atoms with Crippen molar-refractivity contribution in [1.82, 2.24) is 4.90 Å². The lowest BCUT2D eigenvalue weighted by atomic mass is 9.63. The van der Waals surface area contributed by atoms with Crippen molar-refractivity contribution < 1.29 is 33.7 Å². The first-order valence-electron chi connectivity index (χ1n) is 18.7. The van der Waals surface area contributed by atoms with E-state index in [1.165, 1.54) is 0 Å². The Morgan fingerprint density at radius 3 is 2.22 bits per heavy atom. The van der Waals surface area contributed by atoms with Gasteiger partial charge in [-0.05, 0) is 84.0 Å². The summed E-state index contributed by atoms with van der Waals surface area (Å²) in [6.07, 6.45) is 1.15. The number of benzene rings is 4. The SMILES string of the molecule is COc1ccc(C(=O)Nc2ccc(CN3C(=O)[C@]4(O[C@H](CC(=O)N5CCC[C@H]5CO)[C@@H](C(C)(C)c5ccc(OC)cc5)[C@@H]4C)c4ccccc43)cc2)cc1. The summed E-state index contributed by atoms with van der Waals surface area (Å²) in [6, 6.07) is 30.0. The molecule has 3 aliphatic heterocycles. The van der Waals surface area contributed by atoms with Crippen LogP contribution < -0.4 is 19.7 Å². The first-order chi connectivity index (χ1) is 26.0. The molecule has 10 nitrogen and oxygen atoms in total. The number of anilines is 2. The Morgan fingerprint density at radius 1 is 0.926 bits per heavy atom. The molecule has 10 heteroatoms. The second kappa shape index (κ2) is 14.9. The van der Waals surface area contributed by atoms with E-state index in [1.54, 1.807) is 48.3 Å². The zero-order chi connectivity index (χ0) is 38.2. The summed E-state index contributed by atoms with van der Waals surface area (Å²) in [4.78, 5) is 45.6. The van der Waals surface area contributed by atoms with Gasteiger partial charge in [0.25, 0.3) is 11.8 Å². The third-order valence-corrected chi connectivity index (χ3v) is 11.9. The minimum atomic E-state index is -1.32. The Kier molecular flexibility index (Phi) is 10.3. The fourth-order valence-corrected chi connectivity index (χ4v) is 9.09. The van der Waals surface area contributed by atoms with Crippen LogP contribution in [0.25, 0.3) is 0 Å². The highest BCUT2D eigenvalue weighted by Crippen LogP contribution is 2.60. The molecule has 3 aliphatic rings. The summed E-state index contributed by atoms with van der Waals surface area (Å²) in [5, 5.41) is 13.0. The van der Waals surface area contributed by atoms with Gasteiger partial charge in [0.05, 0.1) is 51.6 Å². The van der Waals surface area contributed by atoms with E-state index in [9.17, 15) is 14.7 Å². The largest absolute Gasteiger partial charge is 0.497 e. The van der Waals surface area contributed by atoms with Crippen LogP contribution in [0.3, 0.4) is 0 Å². The van der Waals surface area contributed by atoms with Crippen LogP contribution in [-0.2, 0) is 31.9 Å². The molecule has 4 aromatic carbocycles. The number of methoxy groups -OCH3 is 2. The highest BCUT2D eigenvalue weighted by atomic mass is 16.5. The molecule has 5 atom stereocenters. The summed E-state index contributed by atoms with van der Waals surface area (Å²) < 4.78 is 17.8. The predicted octanol–water partition coefficient (Wildman–Crippen LogP) is 6.70. The minimum absolute atomic E-state index is 0.0638. The van der Waals surface area contributed by atoms with Gasteiger partial charge in [0.1, 0.15) is 11.5 Å². The number of carbonyl (C=O) groups is 3. The second-order valence-corrected chi connectivity index (χ2v) is 15.2. The predicted molar refractivity (Wildman–Crippen MR) is 207 cm³/mol. The molecule has 0 aromatic heterocycles. The molecular formula is C44H49N3O7. The number of aliphatic hydroxyl groups is 1. The first-order valence-corrected chi connectivity index (χ1v) is 18.7. The lowest BCUT2D eigenvalue weighted by Gasteiger charge is -2.39. The van der Waals surface area contributed by atoms with Crippen molar-refractivity contribution in [2.24, 2.45) is 11.8 Å². The number of para-hydroxylation sites is 1. The van der Waals surface area contributed by atoms with E-state index < -0.39 is 17.1 Å². The molecule has 282 valence electrons. The van der Waals surface area contributed by atoms with Gasteiger partial charge in [0.15, 0.2) is 5.60 Å². The van der Waals surface area contributed by atoms with Gasteiger partial charge in [-0.2, -0.15) is 0 Å². The highest BCUT2D eigenvalue weighted by molar-refractivity contribution is 6.07. The average molecular weight is 732 g/mol. The van der Waals surface area contributed by atoms with Crippen LogP contribution in [-0.4, -0.2) is 67.2 Å². The first kappa shape index (κ1) is 37.1. The lowest BCUT2D eigenvalue weighted by Crippen LogP contribution is -2.45. The molecule has 2 saturated heterocycles. The van der Waals surface area contributed by atoms with E-state index in [4.69, 9.17) is 14.2 Å². The standard InChI is InChI=1S/C44H49N3O7/c1-28-40(43(2,3)31-16-22-35(53-5)23-17-31)38(25-39(49)46-24-8-9-33(46)27-48)54-44(28)36-10-6-7-11-37(36)47(42(44)51)26-29-12-18-32(19-13-29)45-41(50)30-14-20-34(52-4)21-15-30/h6-7,10-23,28,33,38,40,48H,8-9,24-27H2,1-5H3,(H,45,50)/t28-,33-,38+,40-,44+/m0/s1. The third kappa shape index (κ3) is 6.51. The van der Waals surface area contributed by atoms with Gasteiger partial charge < -0.3 is 34.4 Å². The molecule has 3 amide bonds. The number of carbonyl (C=O) groups excluding carboxylic acids is 3. The zero-order valence-corrected chi connectivity index (χ0v) is 31.6. The number of fused-ring (bicyclic) bond motifs is 2. The molecule has 0 unspecified atom stereocenters. The number of ether oxygens (including phenoxy) is 3. The number of nitrogens with zero attached hydrogens (tertiary/aromatic N) is 2. The average Bonchev–Trinajstić information content (AvgIpc) is 3.86. The molecular weight excluding hydrogens is 682 g/mol. The van der Waals surface area contributed by atoms with E-state index in [-0.39, 0.29) is 48.6 Å². The van der Waals surface area contributed by atoms with E-state index in [0.717, 1.165) is 41.0 Å². The van der Waals surface area contributed by atoms with E-state index in [1.807, 2.05) is 60.7 Å². The summed E-state index contributed by atoms with van der Waals surface area (Å²) in [5.41, 5.74) is 2.84. The van der Waals surface area contributed by atoms with Crippen molar-refractivity contribution in [3.05, 3.63) is 119 Å². The molecule has 0 bridgehead atoms. The monoisotopic (exact) mass is 731 g/mol. The molecule has 0 aliphatic carbocycles. The number of aliphatic hydroxyl groups excluding tert-OH is 1. The van der Waals surface area contributed by atoms with Crippen molar-refractivity contribution in [2.75, 3.05) is 37.6 Å². The van der Waals surface area contributed by atoms with E-state index >= 15 is 4.79 Å². The number of likely N-dealkylation sites (tertiary alicyclic amines) is 1. The number of hydrogen-bond acceptors (Lipinski definition) is 7. The second-order valence-electron chi connectivity index (χ2n) is 15.2. The smallest absolute Gasteiger partial charge is 0.264 e. The maximum Gasteiger partial charge on any atom is 0.264 e. The zero-order valence-electron chi connectivity index (χ0n) is 31.6. The van der Waals surface area contributed by atoms with E-state index in [2.05, 4.69) is 38.2 Å². The molecule has 0 radical (unpaired) electrons. The minimum Gasteiger partial charge on any atom is -0.497 e. The fraction of sp³-hybridized carbons (Fsp3) is 0.386. The van der Waals surface area contributed by atoms with Crippen molar-refractivity contribution in [3.63, 3.8) is 0 Å². The van der Waals surface area contributed by atoms with Crippen molar-refractivity contribution in [2.45, 2.75) is 69.7 Å². The molecule has 2 fully saturated rings. The summed E-state index contributed by atoms with van der Waals surface area (Å²) >= 11 is 0. The third-order valence-electron chi connectivity index (χ3n) is 11.9. The maximum absolute atomic E-state index is 15.1. The number of amides is 3. The van der Waals surface area contributed by atoms with Gasteiger partial charge in [0.2, 0.25) is 5.91 Å². The van der Waals surface area contributed by atoms with Crippen molar-refractivity contribution >= 4 is 29.1 Å². The van der Waals surface area contributed by atoms with Gasteiger partial charge in [-0.3, -0.25) is 14.4 Å². The Labute approximate surface area is 317 Å². The molecule has 4 aromatic rings. The molecule has 2 N–H and O–H groups in total. The van der Waals surface area contributed by atoms with Crippen LogP contribution in [0.2, 0.25) is 0 Å². The number of rotatable bonds is 11. The van der Waals surface area contributed by atoms with Gasteiger partial charge in [-0.25, -0.2) is 0 Å². The molecule has 7 rings (SSSR count). The van der Waals surface area contributed by atoms with Crippen LogP contribution in [0.1, 0.15) is 67.1 Å². The quantitative estimate of drug-likeness (QED) is 0.176. The maximum atomic E-state index is 15.1.